The summed E-state index contributed by atoms with van der Waals surface area (Å²) >= 11 is 0. The first-order chi connectivity index (χ1) is 18.1. The van der Waals surface area contributed by atoms with Crippen LogP contribution < -0.4 is 27.8 Å². The fraction of sp³-hybridized carbons (Fsp3) is 0.762. The molecule has 11 N–H and O–H groups in total. The lowest BCUT2D eigenvalue weighted by molar-refractivity contribution is -0.193. The molecule has 0 saturated carbocycles. The highest BCUT2D eigenvalue weighted by Crippen LogP contribution is 2.13. The van der Waals surface area contributed by atoms with Crippen molar-refractivity contribution in [1.29, 1.82) is 0 Å². The molecule has 0 aliphatic carbocycles. The molecule has 0 radical (unpaired) electrons. The monoisotopic (exact) mass is 601 g/mol. The zero-order valence-corrected chi connectivity index (χ0v) is 21.8. The van der Waals surface area contributed by atoms with Gasteiger partial charge < -0.3 is 43.2 Å². The molecule has 0 aromatic rings. The van der Waals surface area contributed by atoms with Gasteiger partial charge in [-0.05, 0) is 51.1 Å². The standard InChI is InChI=1S/C17H35N5O4.2C2HF3O2/c1-11(2)14(22-15(23)12(20)7-3-5-9-18)16(24)21-13(17(25)26)8-4-6-10-19;2*3-2(4,5)1(6)7/h11-14H,3-10,18-20H2,1-2H3,(H,21,24)(H,22,23)(H,25,26);2*(H,6,7)/t12-,13-,14-;;/m0../s1. The number of carbonyl (C=O) groups excluding carboxylic acids is 2. The zero-order valence-electron chi connectivity index (χ0n) is 21.8. The lowest BCUT2D eigenvalue weighted by atomic mass is 10.0. The summed E-state index contributed by atoms with van der Waals surface area (Å²) in [7, 11) is 0. The smallest absolute Gasteiger partial charge is 0.480 e. The van der Waals surface area contributed by atoms with Crippen LogP contribution in [0, 0.1) is 5.92 Å². The van der Waals surface area contributed by atoms with Crippen molar-refractivity contribution in [2.24, 2.45) is 23.1 Å². The van der Waals surface area contributed by atoms with Gasteiger partial charge in [0.05, 0.1) is 6.04 Å². The Kier molecular flexibility index (Phi) is 21.3. The molecule has 19 heteroatoms. The van der Waals surface area contributed by atoms with Gasteiger partial charge in [-0.2, -0.15) is 26.3 Å². The predicted molar refractivity (Wildman–Crippen MR) is 128 cm³/mol. The Labute approximate surface area is 225 Å². The van der Waals surface area contributed by atoms with Crippen LogP contribution in [0.25, 0.3) is 0 Å². The minimum Gasteiger partial charge on any atom is -0.480 e. The topological polar surface area (TPSA) is 248 Å². The van der Waals surface area contributed by atoms with Crippen molar-refractivity contribution < 1.29 is 65.6 Å². The molecule has 3 atom stereocenters. The zero-order chi connectivity index (χ0) is 32.3. The fourth-order valence-electron chi connectivity index (χ4n) is 2.45. The van der Waals surface area contributed by atoms with Crippen LogP contribution in [-0.4, -0.2) is 88.6 Å². The van der Waals surface area contributed by atoms with E-state index in [1.54, 1.807) is 13.8 Å². The normalized spacial score (nSPS) is 13.4. The Bertz CT molecular complexity index is 772. The maximum absolute atomic E-state index is 12.5. The van der Waals surface area contributed by atoms with Gasteiger partial charge in [-0.3, -0.25) is 9.59 Å². The van der Waals surface area contributed by atoms with E-state index in [4.69, 9.17) is 37.0 Å². The molecule has 0 aromatic heterocycles. The van der Waals surface area contributed by atoms with Crippen LogP contribution in [0.3, 0.4) is 0 Å². The van der Waals surface area contributed by atoms with Gasteiger partial charge in [-0.25, -0.2) is 14.4 Å². The lowest BCUT2D eigenvalue weighted by Gasteiger charge is -2.25. The second kappa shape index (κ2) is 20.7. The van der Waals surface area contributed by atoms with Gasteiger partial charge in [-0.15, -0.1) is 0 Å². The molecule has 0 rings (SSSR count). The van der Waals surface area contributed by atoms with Gasteiger partial charge >= 0.3 is 30.3 Å². The number of halogens is 6. The second-order valence-electron chi connectivity index (χ2n) is 8.41. The van der Waals surface area contributed by atoms with Gasteiger partial charge in [0.1, 0.15) is 12.1 Å². The van der Waals surface area contributed by atoms with Gasteiger partial charge in [0.25, 0.3) is 0 Å². The molecular formula is C21H37F6N5O8. The number of rotatable bonds is 14. The van der Waals surface area contributed by atoms with E-state index in [-0.39, 0.29) is 12.3 Å². The van der Waals surface area contributed by atoms with Crippen LogP contribution in [0.2, 0.25) is 0 Å². The van der Waals surface area contributed by atoms with Crippen LogP contribution in [-0.2, 0) is 24.0 Å². The van der Waals surface area contributed by atoms with Crippen molar-refractivity contribution in [3.63, 3.8) is 0 Å². The molecule has 0 spiro atoms. The van der Waals surface area contributed by atoms with E-state index in [1.807, 2.05) is 0 Å². The van der Waals surface area contributed by atoms with E-state index in [2.05, 4.69) is 10.6 Å². The van der Waals surface area contributed by atoms with Crippen molar-refractivity contribution in [3.05, 3.63) is 0 Å². The predicted octanol–water partition coefficient (Wildman–Crippen LogP) is 0.549. The Morgan fingerprint density at radius 1 is 0.700 bits per heavy atom. The van der Waals surface area contributed by atoms with E-state index in [1.165, 1.54) is 0 Å². The first kappa shape index (κ1) is 41.3. The molecule has 0 saturated heterocycles. The molecular weight excluding hydrogens is 564 g/mol. The number of nitrogens with one attached hydrogen (secondary N) is 2. The van der Waals surface area contributed by atoms with Crippen LogP contribution >= 0.6 is 0 Å². The second-order valence-corrected chi connectivity index (χ2v) is 8.41. The molecule has 13 nitrogen and oxygen atoms in total. The molecule has 40 heavy (non-hydrogen) atoms. The number of aliphatic carboxylic acids is 3. The summed E-state index contributed by atoms with van der Waals surface area (Å²) in [6.07, 6.45) is -6.62. The molecule has 2 amide bonds. The number of hydrogen-bond acceptors (Lipinski definition) is 8. The Morgan fingerprint density at radius 3 is 1.38 bits per heavy atom. The van der Waals surface area contributed by atoms with Gasteiger partial charge in [0, 0.05) is 0 Å². The lowest BCUT2D eigenvalue weighted by Crippen LogP contribution is -2.56. The third kappa shape index (κ3) is 21.7. The summed E-state index contributed by atoms with van der Waals surface area (Å²) in [4.78, 5) is 53.8. The molecule has 0 aliphatic rings. The van der Waals surface area contributed by atoms with E-state index in [0.29, 0.717) is 32.4 Å². The van der Waals surface area contributed by atoms with Crippen molar-refractivity contribution in [2.75, 3.05) is 13.1 Å². The van der Waals surface area contributed by atoms with Gasteiger partial charge in [-0.1, -0.05) is 20.3 Å². The van der Waals surface area contributed by atoms with Crippen molar-refractivity contribution in [1.82, 2.24) is 10.6 Å². The van der Waals surface area contributed by atoms with Gasteiger partial charge in [0.15, 0.2) is 0 Å². The SMILES string of the molecule is CC(C)[C@H](NC(=O)[C@@H](N)CCCCN)C(=O)N[C@@H](CCCCN)C(=O)O.O=C(O)C(F)(F)F.O=C(O)C(F)(F)F. The van der Waals surface area contributed by atoms with Crippen LogP contribution in [0.15, 0.2) is 0 Å². The summed E-state index contributed by atoms with van der Waals surface area (Å²) in [6, 6.07) is -2.58. The summed E-state index contributed by atoms with van der Waals surface area (Å²) in [6.45, 7) is 4.54. The first-order valence-electron chi connectivity index (χ1n) is 11.7. The third-order valence-electron chi connectivity index (χ3n) is 4.60. The number of unbranched alkanes of at least 4 members (excludes halogenated alkanes) is 2. The number of amides is 2. The Morgan fingerprint density at radius 2 is 1.07 bits per heavy atom. The highest BCUT2D eigenvalue weighted by molar-refractivity contribution is 5.91. The van der Waals surface area contributed by atoms with Crippen molar-refractivity contribution in [3.8, 4) is 0 Å². The summed E-state index contributed by atoms with van der Waals surface area (Å²) in [5, 5.41) is 28.7. The number of nitrogens with two attached hydrogens (primary N) is 3. The Balaban J connectivity index is -0.000000795. The third-order valence-corrected chi connectivity index (χ3v) is 4.60. The number of alkyl halides is 6. The maximum Gasteiger partial charge on any atom is 0.490 e. The van der Waals surface area contributed by atoms with Crippen molar-refractivity contribution >= 4 is 29.7 Å². The molecule has 0 fully saturated rings. The first-order valence-corrected chi connectivity index (χ1v) is 11.7. The highest BCUT2D eigenvalue weighted by Gasteiger charge is 2.39. The molecule has 236 valence electrons. The average molecular weight is 602 g/mol. The fourth-order valence-corrected chi connectivity index (χ4v) is 2.45. The molecule has 0 unspecified atom stereocenters. The van der Waals surface area contributed by atoms with E-state index >= 15 is 0 Å². The molecule has 0 heterocycles. The van der Waals surface area contributed by atoms with Crippen LogP contribution in [0.4, 0.5) is 26.3 Å². The molecule has 0 aromatic carbocycles. The highest BCUT2D eigenvalue weighted by atomic mass is 19.4. The summed E-state index contributed by atoms with van der Waals surface area (Å²) in [5.74, 6) is -7.79. The Hall–Kier alpha value is -3.19. The maximum atomic E-state index is 12.5. The minimum absolute atomic E-state index is 0.214. The number of carboxylic acid groups (broad SMARTS) is 3. The van der Waals surface area contributed by atoms with E-state index < -0.39 is 60.2 Å². The van der Waals surface area contributed by atoms with Crippen LogP contribution in [0.1, 0.15) is 52.4 Å². The quantitative estimate of drug-likeness (QED) is 0.101. The van der Waals surface area contributed by atoms with Gasteiger partial charge in [0.2, 0.25) is 11.8 Å². The van der Waals surface area contributed by atoms with E-state index in [0.717, 1.165) is 12.8 Å². The number of carboxylic acids is 3. The van der Waals surface area contributed by atoms with Crippen LogP contribution in [0.5, 0.6) is 0 Å². The largest absolute Gasteiger partial charge is 0.490 e. The minimum atomic E-state index is -5.08. The summed E-state index contributed by atoms with van der Waals surface area (Å²) < 4.78 is 63.5. The average Bonchev–Trinajstić information content (AvgIpc) is 2.81. The molecule has 0 bridgehead atoms. The number of carbonyl (C=O) groups is 5. The number of hydrogen-bond donors (Lipinski definition) is 8. The van der Waals surface area contributed by atoms with E-state index in [9.17, 15) is 45.8 Å². The van der Waals surface area contributed by atoms with Crippen molar-refractivity contribution in [2.45, 2.75) is 82.9 Å². The molecule has 0 aliphatic heterocycles. The summed E-state index contributed by atoms with van der Waals surface area (Å²) in [5.41, 5.74) is 16.7.